The number of likely N-dealkylation sites (N-methyl/N-ethyl adjacent to an activating group) is 1. The maximum absolute atomic E-state index is 12.4. The lowest BCUT2D eigenvalue weighted by molar-refractivity contribution is 0.158. The van der Waals surface area contributed by atoms with Gasteiger partial charge in [0.15, 0.2) is 0 Å². The van der Waals surface area contributed by atoms with E-state index in [9.17, 15) is 8.42 Å². The zero-order chi connectivity index (χ0) is 14.4. The maximum Gasteiger partial charge on any atom is 0.216 e. The number of nitrogens with two attached hydrogens (primary N) is 1. The van der Waals surface area contributed by atoms with E-state index in [-0.39, 0.29) is 17.9 Å². The molecule has 1 fully saturated rings. The van der Waals surface area contributed by atoms with Crippen molar-refractivity contribution >= 4 is 10.0 Å². The lowest BCUT2D eigenvalue weighted by Crippen LogP contribution is -2.54. The van der Waals surface area contributed by atoms with Gasteiger partial charge in [0.1, 0.15) is 0 Å². The quantitative estimate of drug-likeness (QED) is 0.567. The second-order valence-electron chi connectivity index (χ2n) is 5.32. The Morgan fingerprint density at radius 3 is 2.26 bits per heavy atom. The van der Waals surface area contributed by atoms with Crippen LogP contribution in [-0.4, -0.2) is 50.8 Å². The first kappa shape index (κ1) is 16.9. The van der Waals surface area contributed by atoms with E-state index < -0.39 is 10.0 Å². The summed E-state index contributed by atoms with van der Waals surface area (Å²) in [6, 6.07) is 0. The highest BCUT2D eigenvalue weighted by Gasteiger charge is 2.39. The van der Waals surface area contributed by atoms with E-state index in [0.717, 1.165) is 25.7 Å². The average molecular weight is 292 g/mol. The minimum atomic E-state index is -3.29. The molecule has 0 amide bonds. The molecule has 6 heteroatoms. The highest BCUT2D eigenvalue weighted by Crippen LogP contribution is 2.32. The van der Waals surface area contributed by atoms with Gasteiger partial charge in [0.05, 0.1) is 12.4 Å². The van der Waals surface area contributed by atoms with Gasteiger partial charge in [0.25, 0.3) is 0 Å². The maximum atomic E-state index is 12.4. The van der Waals surface area contributed by atoms with E-state index in [4.69, 9.17) is 10.5 Å². The zero-order valence-corrected chi connectivity index (χ0v) is 13.0. The van der Waals surface area contributed by atoms with Crippen molar-refractivity contribution in [3.05, 3.63) is 0 Å². The summed E-state index contributed by atoms with van der Waals surface area (Å²) in [4.78, 5) is 0. The summed E-state index contributed by atoms with van der Waals surface area (Å²) in [5.74, 6) is 0.0408. The predicted molar refractivity (Wildman–Crippen MR) is 77.5 cm³/mol. The van der Waals surface area contributed by atoms with Crippen LogP contribution in [0.2, 0.25) is 0 Å². The van der Waals surface area contributed by atoms with Gasteiger partial charge in [-0.15, -0.1) is 0 Å². The molecule has 0 heterocycles. The Kier molecular flexibility index (Phi) is 6.73. The minimum Gasteiger partial charge on any atom is -0.381 e. The summed E-state index contributed by atoms with van der Waals surface area (Å²) in [6.45, 7) is 3.06. The summed E-state index contributed by atoms with van der Waals surface area (Å²) < 4.78 is 31.4. The van der Waals surface area contributed by atoms with E-state index in [2.05, 4.69) is 0 Å². The van der Waals surface area contributed by atoms with Crippen LogP contribution in [-0.2, 0) is 14.8 Å². The van der Waals surface area contributed by atoms with Crippen molar-refractivity contribution in [2.75, 3.05) is 32.6 Å². The van der Waals surface area contributed by atoms with E-state index >= 15 is 0 Å². The van der Waals surface area contributed by atoms with Crippen molar-refractivity contribution in [1.29, 1.82) is 0 Å². The third kappa shape index (κ3) is 4.41. The summed E-state index contributed by atoms with van der Waals surface area (Å²) in [7, 11) is -1.61. The van der Waals surface area contributed by atoms with Crippen LogP contribution in [0.3, 0.4) is 0 Å². The molecule has 114 valence electrons. The molecule has 0 unspecified atom stereocenters. The van der Waals surface area contributed by atoms with Gasteiger partial charge in [-0.3, -0.25) is 0 Å². The van der Waals surface area contributed by atoms with Gasteiger partial charge in [0.2, 0.25) is 10.0 Å². The number of hydrogen-bond donors (Lipinski definition) is 1. The Balaban J connectivity index is 2.78. The number of ether oxygens (including phenoxy) is 1. The predicted octanol–water partition coefficient (Wildman–Crippen LogP) is 1.34. The first-order valence-corrected chi connectivity index (χ1v) is 8.84. The summed E-state index contributed by atoms with van der Waals surface area (Å²) in [5.41, 5.74) is 5.54. The first-order valence-electron chi connectivity index (χ1n) is 7.23. The second-order valence-corrected chi connectivity index (χ2v) is 7.44. The van der Waals surface area contributed by atoms with Gasteiger partial charge in [-0.05, 0) is 19.8 Å². The molecule has 1 aliphatic rings. The van der Waals surface area contributed by atoms with Crippen molar-refractivity contribution in [3.8, 4) is 0 Å². The van der Waals surface area contributed by atoms with E-state index in [0.29, 0.717) is 13.2 Å². The molecule has 0 aromatic rings. The Bertz CT molecular complexity index is 349. The minimum absolute atomic E-state index is 0.0408. The fourth-order valence-corrected chi connectivity index (χ4v) is 4.22. The van der Waals surface area contributed by atoms with Crippen LogP contribution in [0, 0.1) is 0 Å². The fraction of sp³-hybridized carbons (Fsp3) is 1.00. The SMILES string of the molecule is CCOCCS(=O)(=O)N(C)C1(CN)CCCCCC1. The van der Waals surface area contributed by atoms with Crippen LogP contribution in [0.4, 0.5) is 0 Å². The van der Waals surface area contributed by atoms with Gasteiger partial charge < -0.3 is 10.5 Å². The van der Waals surface area contributed by atoms with Crippen molar-refractivity contribution in [2.24, 2.45) is 5.73 Å². The monoisotopic (exact) mass is 292 g/mol. The van der Waals surface area contributed by atoms with Gasteiger partial charge >= 0.3 is 0 Å². The van der Waals surface area contributed by atoms with Crippen molar-refractivity contribution in [3.63, 3.8) is 0 Å². The van der Waals surface area contributed by atoms with Crippen LogP contribution in [0.15, 0.2) is 0 Å². The molecule has 0 saturated heterocycles. The normalized spacial score (nSPS) is 20.4. The lowest BCUT2D eigenvalue weighted by atomic mass is 9.90. The number of sulfonamides is 1. The topological polar surface area (TPSA) is 72.6 Å². The Labute approximate surface area is 117 Å². The molecule has 0 spiro atoms. The van der Waals surface area contributed by atoms with Crippen molar-refractivity contribution in [2.45, 2.75) is 51.0 Å². The van der Waals surface area contributed by atoms with Gasteiger partial charge in [-0.25, -0.2) is 8.42 Å². The number of hydrogen-bond acceptors (Lipinski definition) is 4. The van der Waals surface area contributed by atoms with Crippen molar-refractivity contribution in [1.82, 2.24) is 4.31 Å². The van der Waals surface area contributed by atoms with Crippen LogP contribution in [0.5, 0.6) is 0 Å². The van der Waals surface area contributed by atoms with Gasteiger partial charge in [-0.1, -0.05) is 25.7 Å². The fourth-order valence-electron chi connectivity index (χ4n) is 2.77. The molecule has 0 aromatic carbocycles. The third-order valence-corrected chi connectivity index (χ3v) is 6.09. The largest absolute Gasteiger partial charge is 0.381 e. The van der Waals surface area contributed by atoms with E-state index in [1.807, 2.05) is 6.92 Å². The smallest absolute Gasteiger partial charge is 0.216 e. The molecule has 5 nitrogen and oxygen atoms in total. The molecular formula is C13H28N2O3S. The van der Waals surface area contributed by atoms with Crippen molar-refractivity contribution < 1.29 is 13.2 Å². The molecule has 0 atom stereocenters. The third-order valence-electron chi connectivity index (χ3n) is 4.19. The molecule has 1 aliphatic carbocycles. The van der Waals surface area contributed by atoms with E-state index in [1.165, 1.54) is 17.1 Å². The molecule has 0 aliphatic heterocycles. The van der Waals surface area contributed by atoms with E-state index in [1.54, 1.807) is 7.05 Å². The first-order chi connectivity index (χ1) is 8.98. The molecule has 0 bridgehead atoms. The zero-order valence-electron chi connectivity index (χ0n) is 12.2. The molecule has 2 N–H and O–H groups in total. The van der Waals surface area contributed by atoms with Gasteiger partial charge in [0, 0.05) is 25.7 Å². The molecule has 0 radical (unpaired) electrons. The van der Waals surface area contributed by atoms with Crippen LogP contribution in [0.25, 0.3) is 0 Å². The standard InChI is InChI=1S/C13H28N2O3S/c1-3-18-10-11-19(16,17)15(2)13(12-14)8-6-4-5-7-9-13/h3-12,14H2,1-2H3. The second kappa shape index (κ2) is 7.57. The highest BCUT2D eigenvalue weighted by atomic mass is 32.2. The summed E-state index contributed by atoms with van der Waals surface area (Å²) >= 11 is 0. The average Bonchev–Trinajstić information content (AvgIpc) is 2.64. The Morgan fingerprint density at radius 2 is 1.79 bits per heavy atom. The highest BCUT2D eigenvalue weighted by molar-refractivity contribution is 7.89. The van der Waals surface area contributed by atoms with Crippen LogP contribution < -0.4 is 5.73 Å². The number of rotatable bonds is 7. The molecule has 1 rings (SSSR count). The molecule has 0 aromatic heterocycles. The van der Waals surface area contributed by atoms with Gasteiger partial charge in [-0.2, -0.15) is 4.31 Å². The van der Waals surface area contributed by atoms with Crippen LogP contribution in [0.1, 0.15) is 45.4 Å². The lowest BCUT2D eigenvalue weighted by Gasteiger charge is -2.39. The van der Waals surface area contributed by atoms with Crippen LogP contribution >= 0.6 is 0 Å². The molecule has 19 heavy (non-hydrogen) atoms. The summed E-state index contributed by atoms with van der Waals surface area (Å²) in [5, 5.41) is 0. The number of nitrogens with zero attached hydrogens (tertiary/aromatic N) is 1. The molecule has 1 saturated carbocycles. The Hall–Kier alpha value is -0.170. The summed E-state index contributed by atoms with van der Waals surface area (Å²) in [6.07, 6.45) is 6.20. The Morgan fingerprint density at radius 1 is 1.21 bits per heavy atom. The molecular weight excluding hydrogens is 264 g/mol.